The van der Waals surface area contributed by atoms with Crippen molar-refractivity contribution in [3.63, 3.8) is 0 Å². The number of methoxy groups -OCH3 is 1. The van der Waals surface area contributed by atoms with Crippen LogP contribution in [0.5, 0.6) is 0 Å². The quantitative estimate of drug-likeness (QED) is 0.706. The van der Waals surface area contributed by atoms with Crippen LogP contribution in [-0.2, 0) is 25.6 Å². The SMILES string of the molecule is CCS(=O)CCNS(=O)(=O)c1scnc1C(=O)OC. The van der Waals surface area contributed by atoms with E-state index in [1.54, 1.807) is 6.92 Å². The number of hydrogen-bond acceptors (Lipinski definition) is 7. The number of thiazole rings is 1. The highest BCUT2D eigenvalue weighted by atomic mass is 32.2. The lowest BCUT2D eigenvalue weighted by atomic mass is 10.5. The van der Waals surface area contributed by atoms with Crippen LogP contribution < -0.4 is 4.72 Å². The van der Waals surface area contributed by atoms with Crippen molar-refractivity contribution in [2.45, 2.75) is 11.1 Å². The van der Waals surface area contributed by atoms with Crippen LogP contribution in [-0.4, -0.2) is 48.7 Å². The molecular formula is C9H14N2O5S3. The minimum absolute atomic E-state index is 0.0430. The lowest BCUT2D eigenvalue weighted by Gasteiger charge is -2.05. The van der Waals surface area contributed by atoms with E-state index >= 15 is 0 Å². The van der Waals surface area contributed by atoms with Crippen molar-refractivity contribution >= 4 is 38.1 Å². The third-order valence-electron chi connectivity index (χ3n) is 2.10. The van der Waals surface area contributed by atoms with E-state index < -0.39 is 26.8 Å². The predicted octanol–water partition coefficient (Wildman–Crippen LogP) is -0.0234. The van der Waals surface area contributed by atoms with E-state index in [-0.39, 0.29) is 22.2 Å². The number of carbonyl (C=O) groups is 1. The summed E-state index contributed by atoms with van der Waals surface area (Å²) in [5.74, 6) is -0.114. The minimum Gasteiger partial charge on any atom is -0.464 e. The zero-order chi connectivity index (χ0) is 14.5. The van der Waals surface area contributed by atoms with E-state index in [0.717, 1.165) is 18.4 Å². The number of esters is 1. The molecule has 1 unspecified atom stereocenters. The fourth-order valence-electron chi connectivity index (χ4n) is 1.16. The first kappa shape index (κ1) is 16.2. The molecule has 0 saturated carbocycles. The molecule has 1 atom stereocenters. The van der Waals surface area contributed by atoms with Crippen molar-refractivity contribution in [3.8, 4) is 0 Å². The van der Waals surface area contributed by atoms with Crippen molar-refractivity contribution in [2.24, 2.45) is 0 Å². The lowest BCUT2D eigenvalue weighted by Crippen LogP contribution is -2.28. The van der Waals surface area contributed by atoms with E-state index in [4.69, 9.17) is 0 Å². The third-order valence-corrected chi connectivity index (χ3v) is 6.24. The first-order valence-corrected chi connectivity index (χ1v) is 9.14. The Kier molecular flexibility index (Phi) is 6.04. The molecule has 10 heteroatoms. The second-order valence-electron chi connectivity index (χ2n) is 3.31. The van der Waals surface area contributed by atoms with Gasteiger partial charge in [0, 0.05) is 28.9 Å². The summed E-state index contributed by atoms with van der Waals surface area (Å²) < 4.78 is 41.7. The maximum absolute atomic E-state index is 12.0. The molecule has 0 saturated heterocycles. The van der Waals surface area contributed by atoms with Crippen LogP contribution in [0.2, 0.25) is 0 Å². The Morgan fingerprint density at radius 3 is 2.84 bits per heavy atom. The molecule has 108 valence electrons. The molecule has 0 aliphatic carbocycles. The predicted molar refractivity (Wildman–Crippen MR) is 72.2 cm³/mol. The van der Waals surface area contributed by atoms with Crippen molar-refractivity contribution in [3.05, 3.63) is 11.2 Å². The van der Waals surface area contributed by atoms with Gasteiger partial charge in [0.2, 0.25) is 0 Å². The van der Waals surface area contributed by atoms with E-state index in [1.807, 2.05) is 0 Å². The molecule has 1 rings (SSSR count). The van der Waals surface area contributed by atoms with E-state index in [0.29, 0.717) is 5.75 Å². The highest BCUT2D eigenvalue weighted by Gasteiger charge is 2.26. The average Bonchev–Trinajstić information content (AvgIpc) is 2.87. The smallest absolute Gasteiger partial charge is 0.358 e. The van der Waals surface area contributed by atoms with Gasteiger partial charge >= 0.3 is 5.97 Å². The molecule has 0 fully saturated rings. The molecular weight excluding hydrogens is 312 g/mol. The zero-order valence-electron chi connectivity index (χ0n) is 10.4. The topological polar surface area (TPSA) is 102 Å². The zero-order valence-corrected chi connectivity index (χ0v) is 12.9. The molecule has 1 N–H and O–H groups in total. The maximum Gasteiger partial charge on any atom is 0.358 e. The molecule has 0 aliphatic heterocycles. The molecule has 0 bridgehead atoms. The first-order valence-electron chi connectivity index (χ1n) is 5.28. The minimum atomic E-state index is -3.84. The van der Waals surface area contributed by atoms with E-state index in [2.05, 4.69) is 14.4 Å². The lowest BCUT2D eigenvalue weighted by molar-refractivity contribution is 0.0590. The van der Waals surface area contributed by atoms with Crippen molar-refractivity contribution in [2.75, 3.05) is 25.2 Å². The number of rotatable bonds is 7. The summed E-state index contributed by atoms with van der Waals surface area (Å²) in [5, 5.41) is 0. The maximum atomic E-state index is 12.0. The van der Waals surface area contributed by atoms with Crippen LogP contribution in [0.3, 0.4) is 0 Å². The standard InChI is InChI=1S/C9H14N2O5S3/c1-3-18(13)5-4-11-19(14,15)9-7(8(12)16-2)10-6-17-9/h6,11H,3-5H2,1-2H3. The van der Waals surface area contributed by atoms with Gasteiger partial charge in [-0.25, -0.2) is 22.9 Å². The molecule has 0 radical (unpaired) electrons. The molecule has 19 heavy (non-hydrogen) atoms. The third kappa shape index (κ3) is 4.34. The van der Waals surface area contributed by atoms with Gasteiger partial charge < -0.3 is 4.74 Å². The molecule has 7 nitrogen and oxygen atoms in total. The van der Waals surface area contributed by atoms with Gasteiger partial charge in [-0.15, -0.1) is 11.3 Å². The Hall–Kier alpha value is -0.840. The summed E-state index contributed by atoms with van der Waals surface area (Å²) in [6.45, 7) is 1.80. The molecule has 0 spiro atoms. The Morgan fingerprint density at radius 2 is 2.26 bits per heavy atom. The van der Waals surface area contributed by atoms with E-state index in [9.17, 15) is 17.4 Å². The number of nitrogens with zero attached hydrogens (tertiary/aromatic N) is 1. The number of nitrogens with one attached hydrogen (secondary N) is 1. The fraction of sp³-hybridized carbons (Fsp3) is 0.556. The molecule has 0 amide bonds. The van der Waals surface area contributed by atoms with Gasteiger partial charge in [-0.2, -0.15) is 0 Å². The molecule has 0 aliphatic rings. The molecule has 1 heterocycles. The summed E-state index contributed by atoms with van der Waals surface area (Å²) in [6.07, 6.45) is 0. The Labute approximate surface area is 117 Å². The van der Waals surface area contributed by atoms with Gasteiger partial charge in [0.1, 0.15) is 0 Å². The Bertz CT molecular complexity index is 566. The Balaban J connectivity index is 2.81. The van der Waals surface area contributed by atoms with Crippen LogP contribution in [0, 0.1) is 0 Å². The van der Waals surface area contributed by atoms with Gasteiger partial charge in [0.15, 0.2) is 9.90 Å². The highest BCUT2D eigenvalue weighted by Crippen LogP contribution is 2.20. The van der Waals surface area contributed by atoms with Gasteiger partial charge in [0.25, 0.3) is 10.0 Å². The summed E-state index contributed by atoms with van der Waals surface area (Å²) in [4.78, 5) is 15.0. The van der Waals surface area contributed by atoms with Crippen LogP contribution >= 0.6 is 11.3 Å². The van der Waals surface area contributed by atoms with Gasteiger partial charge in [-0.3, -0.25) is 4.21 Å². The molecule has 1 aromatic heterocycles. The second kappa shape index (κ2) is 7.08. The summed E-state index contributed by atoms with van der Waals surface area (Å²) in [5.41, 5.74) is 1.02. The van der Waals surface area contributed by atoms with Crippen LogP contribution in [0.4, 0.5) is 0 Å². The highest BCUT2D eigenvalue weighted by molar-refractivity contribution is 7.91. The van der Waals surface area contributed by atoms with Gasteiger partial charge in [0.05, 0.1) is 12.6 Å². The van der Waals surface area contributed by atoms with Crippen molar-refractivity contribution < 1.29 is 22.2 Å². The normalized spacial score (nSPS) is 13.2. The summed E-state index contributed by atoms with van der Waals surface area (Å²) in [6, 6.07) is 0. The monoisotopic (exact) mass is 326 g/mol. The number of hydrogen-bond donors (Lipinski definition) is 1. The second-order valence-corrected chi connectivity index (χ2v) is 7.99. The largest absolute Gasteiger partial charge is 0.464 e. The first-order chi connectivity index (χ1) is 8.92. The number of ether oxygens (including phenoxy) is 1. The van der Waals surface area contributed by atoms with E-state index in [1.165, 1.54) is 5.51 Å². The molecule has 0 aromatic carbocycles. The number of sulfonamides is 1. The Morgan fingerprint density at radius 1 is 1.58 bits per heavy atom. The van der Waals surface area contributed by atoms with Crippen molar-refractivity contribution in [1.82, 2.24) is 9.71 Å². The van der Waals surface area contributed by atoms with Crippen LogP contribution in [0.1, 0.15) is 17.4 Å². The number of carbonyl (C=O) groups excluding carboxylic acids is 1. The van der Waals surface area contributed by atoms with Crippen molar-refractivity contribution in [1.29, 1.82) is 0 Å². The fourth-order valence-corrected chi connectivity index (χ4v) is 4.11. The van der Waals surface area contributed by atoms with Crippen LogP contribution in [0.15, 0.2) is 9.72 Å². The summed E-state index contributed by atoms with van der Waals surface area (Å²) >= 11 is 0.827. The summed E-state index contributed by atoms with van der Waals surface area (Å²) in [7, 11) is -3.74. The van der Waals surface area contributed by atoms with Crippen LogP contribution in [0.25, 0.3) is 0 Å². The van der Waals surface area contributed by atoms with Gasteiger partial charge in [-0.05, 0) is 0 Å². The molecule has 1 aromatic rings. The average molecular weight is 326 g/mol. The van der Waals surface area contributed by atoms with Gasteiger partial charge in [-0.1, -0.05) is 6.92 Å². The number of aromatic nitrogens is 1.